The summed E-state index contributed by atoms with van der Waals surface area (Å²) in [5, 5.41) is 14.1. The van der Waals surface area contributed by atoms with Crippen LogP contribution in [0.2, 0.25) is 0 Å². The number of nitrogens with one attached hydrogen (secondary N) is 1. The molecule has 3 atom stereocenters. The molecule has 0 spiro atoms. The summed E-state index contributed by atoms with van der Waals surface area (Å²) in [6.07, 6.45) is 1.27. The van der Waals surface area contributed by atoms with E-state index in [1.54, 1.807) is 12.1 Å². The Morgan fingerprint density at radius 2 is 2.29 bits per heavy atom. The van der Waals surface area contributed by atoms with Gasteiger partial charge in [0.2, 0.25) is 5.91 Å². The third-order valence-corrected chi connectivity index (χ3v) is 4.54. The van der Waals surface area contributed by atoms with Gasteiger partial charge in [0.15, 0.2) is 0 Å². The summed E-state index contributed by atoms with van der Waals surface area (Å²) in [4.78, 5) is 24.9. The van der Waals surface area contributed by atoms with Crippen molar-refractivity contribution in [2.75, 3.05) is 13.1 Å². The third kappa shape index (κ3) is 2.63. The minimum Gasteiger partial charge on any atom is -0.335 e. The summed E-state index contributed by atoms with van der Waals surface area (Å²) in [6.45, 7) is 3.93. The number of likely N-dealkylation sites (tertiary alicyclic amines) is 1. The highest BCUT2D eigenvalue weighted by Crippen LogP contribution is 2.32. The Balaban J connectivity index is 1.74. The largest absolute Gasteiger partial charge is 0.335 e. The molecule has 0 aliphatic carbocycles. The van der Waals surface area contributed by atoms with E-state index in [1.807, 2.05) is 4.90 Å². The number of amides is 1. The first-order valence-corrected chi connectivity index (χ1v) is 7.31. The molecule has 6 nitrogen and oxygen atoms in total. The van der Waals surface area contributed by atoms with Crippen molar-refractivity contribution in [1.29, 1.82) is 0 Å². The van der Waals surface area contributed by atoms with E-state index >= 15 is 0 Å². The van der Waals surface area contributed by atoms with E-state index in [0.717, 1.165) is 19.5 Å². The van der Waals surface area contributed by atoms with Crippen LogP contribution in [-0.4, -0.2) is 40.9 Å². The maximum Gasteiger partial charge on any atom is 0.269 e. The van der Waals surface area contributed by atoms with Crippen LogP contribution in [0.25, 0.3) is 0 Å². The van der Waals surface area contributed by atoms with Crippen molar-refractivity contribution < 1.29 is 9.72 Å². The molecule has 6 heteroatoms. The zero-order valence-corrected chi connectivity index (χ0v) is 12.0. The van der Waals surface area contributed by atoms with Crippen molar-refractivity contribution in [3.05, 3.63) is 39.9 Å². The van der Waals surface area contributed by atoms with Crippen molar-refractivity contribution in [3.8, 4) is 0 Å². The van der Waals surface area contributed by atoms with Gasteiger partial charge in [-0.3, -0.25) is 14.9 Å². The summed E-state index contributed by atoms with van der Waals surface area (Å²) < 4.78 is 0. The highest BCUT2D eigenvalue weighted by Gasteiger charge is 2.43. The molecule has 21 heavy (non-hydrogen) atoms. The Hall–Kier alpha value is -1.95. The lowest BCUT2D eigenvalue weighted by molar-refractivity contribution is -0.384. The number of nitro groups is 1. The maximum absolute atomic E-state index is 12.6. The third-order valence-electron chi connectivity index (χ3n) is 4.54. The fourth-order valence-electron chi connectivity index (χ4n) is 3.64. The number of hydrogen-bond acceptors (Lipinski definition) is 4. The number of fused-ring (bicyclic) bond motifs is 1. The van der Waals surface area contributed by atoms with Gasteiger partial charge in [-0.2, -0.15) is 0 Å². The summed E-state index contributed by atoms with van der Waals surface area (Å²) in [6, 6.07) is 6.88. The fourth-order valence-corrected chi connectivity index (χ4v) is 3.64. The smallest absolute Gasteiger partial charge is 0.269 e. The molecule has 2 heterocycles. The summed E-state index contributed by atoms with van der Waals surface area (Å²) >= 11 is 0. The van der Waals surface area contributed by atoms with E-state index in [4.69, 9.17) is 0 Å². The molecule has 0 radical (unpaired) electrons. The number of nitrogens with zero attached hydrogens (tertiary/aromatic N) is 2. The van der Waals surface area contributed by atoms with E-state index < -0.39 is 4.92 Å². The van der Waals surface area contributed by atoms with Crippen LogP contribution in [0, 0.1) is 16.0 Å². The molecule has 1 N–H and O–H groups in total. The van der Waals surface area contributed by atoms with Gasteiger partial charge in [-0.05, 0) is 24.8 Å². The highest BCUT2D eigenvalue weighted by atomic mass is 16.6. The number of hydrogen-bond donors (Lipinski definition) is 1. The van der Waals surface area contributed by atoms with Crippen LogP contribution in [0.1, 0.15) is 18.9 Å². The highest BCUT2D eigenvalue weighted by molar-refractivity contribution is 5.80. The van der Waals surface area contributed by atoms with Crippen molar-refractivity contribution >= 4 is 11.6 Å². The van der Waals surface area contributed by atoms with Crippen molar-refractivity contribution in [2.45, 2.75) is 31.8 Å². The minimum absolute atomic E-state index is 0.0372. The molecule has 0 saturated carbocycles. The molecule has 0 aromatic heterocycles. The van der Waals surface area contributed by atoms with E-state index in [-0.39, 0.29) is 30.1 Å². The molecule has 0 bridgehead atoms. The molecule has 3 unspecified atom stereocenters. The molecule has 1 amide bonds. The van der Waals surface area contributed by atoms with Crippen LogP contribution in [0.3, 0.4) is 0 Å². The standard InChI is InChI=1S/C15H19N3O3/c1-10-5-12-8-16-9-14(12)17(10)15(19)7-11-3-2-4-13(6-11)18(20)21/h2-4,6,10,12,14,16H,5,7-9H2,1H3. The van der Waals surface area contributed by atoms with E-state index in [0.29, 0.717) is 11.5 Å². The second-order valence-electron chi connectivity index (χ2n) is 5.98. The predicted molar refractivity (Wildman–Crippen MR) is 77.9 cm³/mol. The fraction of sp³-hybridized carbons (Fsp3) is 0.533. The Kier molecular flexibility index (Phi) is 3.63. The second kappa shape index (κ2) is 5.44. The normalized spacial score (nSPS) is 27.7. The average Bonchev–Trinajstić information content (AvgIpc) is 2.98. The first-order chi connectivity index (χ1) is 10.1. The molecule has 1 aromatic rings. The predicted octanol–water partition coefficient (Wildman–Crippen LogP) is 1.35. The van der Waals surface area contributed by atoms with Gasteiger partial charge in [0.25, 0.3) is 5.69 Å². The van der Waals surface area contributed by atoms with Crippen LogP contribution >= 0.6 is 0 Å². The molecule has 2 aliphatic heterocycles. The van der Waals surface area contributed by atoms with E-state index in [2.05, 4.69) is 12.2 Å². The zero-order valence-electron chi connectivity index (χ0n) is 12.0. The van der Waals surface area contributed by atoms with Crippen molar-refractivity contribution in [3.63, 3.8) is 0 Å². The van der Waals surface area contributed by atoms with Crippen LogP contribution in [0.15, 0.2) is 24.3 Å². The van der Waals surface area contributed by atoms with Crippen LogP contribution in [0.4, 0.5) is 5.69 Å². The molecular formula is C15H19N3O3. The molecule has 2 fully saturated rings. The Labute approximate surface area is 123 Å². The lowest BCUT2D eigenvalue weighted by atomic mass is 10.0. The summed E-state index contributed by atoms with van der Waals surface area (Å²) in [7, 11) is 0. The van der Waals surface area contributed by atoms with Crippen LogP contribution in [-0.2, 0) is 11.2 Å². The number of non-ortho nitro benzene ring substituents is 1. The van der Waals surface area contributed by atoms with Crippen molar-refractivity contribution in [2.24, 2.45) is 5.92 Å². The Morgan fingerprint density at radius 3 is 3.05 bits per heavy atom. The first-order valence-electron chi connectivity index (χ1n) is 7.31. The number of rotatable bonds is 3. The number of carbonyl (C=O) groups excluding carboxylic acids is 1. The van der Waals surface area contributed by atoms with Gasteiger partial charge in [0.1, 0.15) is 0 Å². The molecule has 112 valence electrons. The molecule has 2 aliphatic rings. The topological polar surface area (TPSA) is 75.5 Å². The van der Waals surface area contributed by atoms with Gasteiger partial charge >= 0.3 is 0 Å². The maximum atomic E-state index is 12.6. The van der Waals surface area contributed by atoms with Gasteiger partial charge in [-0.25, -0.2) is 0 Å². The van der Waals surface area contributed by atoms with Gasteiger partial charge in [-0.1, -0.05) is 12.1 Å². The lowest BCUT2D eigenvalue weighted by Gasteiger charge is -2.27. The number of benzene rings is 1. The van der Waals surface area contributed by atoms with E-state index in [1.165, 1.54) is 12.1 Å². The monoisotopic (exact) mass is 289 g/mol. The second-order valence-corrected chi connectivity index (χ2v) is 5.98. The van der Waals surface area contributed by atoms with Gasteiger partial charge in [0.05, 0.1) is 11.3 Å². The molecule has 2 saturated heterocycles. The SMILES string of the molecule is CC1CC2CNCC2N1C(=O)Cc1cccc([N+](=O)[O-])c1. The zero-order chi connectivity index (χ0) is 15.0. The van der Waals surface area contributed by atoms with Crippen molar-refractivity contribution in [1.82, 2.24) is 10.2 Å². The summed E-state index contributed by atoms with van der Waals surface area (Å²) in [5.41, 5.74) is 0.742. The number of carbonyl (C=O) groups is 1. The minimum atomic E-state index is -0.427. The van der Waals surface area contributed by atoms with E-state index in [9.17, 15) is 14.9 Å². The Morgan fingerprint density at radius 1 is 1.48 bits per heavy atom. The molecular weight excluding hydrogens is 270 g/mol. The van der Waals surface area contributed by atoms with Crippen LogP contribution in [0.5, 0.6) is 0 Å². The number of nitro benzene ring substituents is 1. The lowest BCUT2D eigenvalue weighted by Crippen LogP contribution is -2.43. The quantitative estimate of drug-likeness (QED) is 0.673. The molecule has 3 rings (SSSR count). The van der Waals surface area contributed by atoms with Crippen LogP contribution < -0.4 is 5.32 Å². The summed E-state index contributed by atoms with van der Waals surface area (Å²) in [5.74, 6) is 0.619. The Bertz CT molecular complexity index is 575. The van der Waals surface area contributed by atoms with Gasteiger partial charge in [0, 0.05) is 37.3 Å². The average molecular weight is 289 g/mol. The first kappa shape index (κ1) is 14.0. The van der Waals surface area contributed by atoms with Gasteiger partial charge in [-0.15, -0.1) is 0 Å². The molecule has 1 aromatic carbocycles. The van der Waals surface area contributed by atoms with Gasteiger partial charge < -0.3 is 10.2 Å².